The smallest absolute Gasteiger partial charge is 0.301 e. The van der Waals surface area contributed by atoms with Gasteiger partial charge in [0.2, 0.25) is 0 Å². The molecule has 1 aliphatic heterocycles. The molecule has 1 atom stereocenters. The van der Waals surface area contributed by atoms with E-state index in [1.165, 1.54) is 23.3 Å². The van der Waals surface area contributed by atoms with Crippen molar-refractivity contribution in [2.75, 3.05) is 25.7 Å². The number of ether oxygens (including phenoxy) is 3. The maximum Gasteiger partial charge on any atom is 0.301 e. The van der Waals surface area contributed by atoms with Gasteiger partial charge in [-0.05, 0) is 55.0 Å². The second-order valence-electron chi connectivity index (χ2n) is 8.23. The van der Waals surface area contributed by atoms with Gasteiger partial charge < -0.3 is 19.3 Å². The first-order valence-electron chi connectivity index (χ1n) is 11.6. The van der Waals surface area contributed by atoms with Gasteiger partial charge in [-0.3, -0.25) is 14.5 Å². The van der Waals surface area contributed by atoms with Gasteiger partial charge in [0.15, 0.2) is 5.13 Å². The Balaban J connectivity index is 1.69. The van der Waals surface area contributed by atoms with E-state index in [0.29, 0.717) is 45.6 Å². The fraction of sp³-hybridized carbons (Fsp3) is 0.179. The molecule has 0 aliphatic carbocycles. The summed E-state index contributed by atoms with van der Waals surface area (Å²) in [4.78, 5) is 32.9. The first kappa shape index (κ1) is 24.3. The predicted molar refractivity (Wildman–Crippen MR) is 142 cm³/mol. The van der Waals surface area contributed by atoms with Gasteiger partial charge in [-0.2, -0.15) is 0 Å². The number of aliphatic hydroxyl groups excluding tert-OH is 1. The Morgan fingerprint density at radius 2 is 1.70 bits per heavy atom. The summed E-state index contributed by atoms with van der Waals surface area (Å²) in [5.74, 6) is -0.0328. The van der Waals surface area contributed by atoms with Crippen LogP contribution in [0.15, 0.2) is 72.3 Å². The molecule has 4 aromatic rings. The topological polar surface area (TPSA) is 98.2 Å². The number of anilines is 1. The lowest BCUT2D eigenvalue weighted by Gasteiger charge is -2.23. The minimum Gasteiger partial charge on any atom is -0.507 e. The number of amides is 1. The molecule has 0 saturated carbocycles. The third kappa shape index (κ3) is 4.38. The second kappa shape index (κ2) is 9.94. The van der Waals surface area contributed by atoms with Crippen molar-refractivity contribution < 1.29 is 28.9 Å². The van der Waals surface area contributed by atoms with Crippen molar-refractivity contribution in [3.63, 3.8) is 0 Å². The van der Waals surface area contributed by atoms with Crippen LogP contribution in [0.1, 0.15) is 24.1 Å². The van der Waals surface area contributed by atoms with E-state index < -0.39 is 17.7 Å². The molecule has 1 N–H and O–H groups in total. The summed E-state index contributed by atoms with van der Waals surface area (Å²) in [6.07, 6.45) is 0. The van der Waals surface area contributed by atoms with Gasteiger partial charge in [-0.1, -0.05) is 35.6 Å². The van der Waals surface area contributed by atoms with Crippen LogP contribution in [0, 0.1) is 0 Å². The molecule has 1 saturated heterocycles. The number of aromatic nitrogens is 1. The number of nitrogens with zero attached hydrogens (tertiary/aromatic N) is 2. The van der Waals surface area contributed by atoms with Crippen LogP contribution in [0.2, 0.25) is 0 Å². The molecular weight excluding hydrogens is 492 g/mol. The molecule has 9 heteroatoms. The van der Waals surface area contributed by atoms with E-state index >= 15 is 0 Å². The quantitative estimate of drug-likeness (QED) is 0.201. The zero-order valence-corrected chi connectivity index (χ0v) is 21.2. The number of aliphatic hydroxyl groups is 1. The van der Waals surface area contributed by atoms with Crippen LogP contribution in [0.4, 0.5) is 5.13 Å². The summed E-state index contributed by atoms with van der Waals surface area (Å²) in [5, 5.41) is 11.7. The van der Waals surface area contributed by atoms with Gasteiger partial charge in [-0.15, -0.1) is 0 Å². The van der Waals surface area contributed by atoms with Crippen LogP contribution in [-0.2, 0) is 9.59 Å². The van der Waals surface area contributed by atoms with Crippen LogP contribution in [0.25, 0.3) is 16.0 Å². The van der Waals surface area contributed by atoms with E-state index in [1.54, 1.807) is 55.6 Å². The van der Waals surface area contributed by atoms with Crippen LogP contribution in [-0.4, -0.2) is 42.6 Å². The van der Waals surface area contributed by atoms with E-state index in [2.05, 4.69) is 4.98 Å². The zero-order chi connectivity index (χ0) is 26.1. The van der Waals surface area contributed by atoms with Crippen LogP contribution in [0.3, 0.4) is 0 Å². The Kier molecular flexibility index (Phi) is 6.54. The number of thiazole rings is 1. The van der Waals surface area contributed by atoms with Gasteiger partial charge in [0.05, 0.1) is 42.7 Å². The molecule has 1 aromatic heterocycles. The number of fused-ring (bicyclic) bond motifs is 1. The lowest BCUT2D eigenvalue weighted by Crippen LogP contribution is -2.29. The first-order valence-corrected chi connectivity index (χ1v) is 12.4. The highest BCUT2D eigenvalue weighted by Gasteiger charge is 2.48. The number of ketones is 1. The van der Waals surface area contributed by atoms with Gasteiger partial charge in [0.25, 0.3) is 5.78 Å². The number of Topliss-reactive ketones (excluding diaryl/α,β-unsaturated/α-hetero) is 1. The van der Waals surface area contributed by atoms with E-state index in [4.69, 9.17) is 14.2 Å². The standard InChI is InChI=1S/C28H24N2O6S/c1-4-36-20-12-13-21-22(15-20)37-28(29-21)30-24(16-8-10-18(34-2)11-9-16)23(26(32)27(30)33)25(31)17-6-5-7-19(14-17)35-3/h5-15,24,31H,4H2,1-3H3/b25-23+. The first-order chi connectivity index (χ1) is 17.9. The van der Waals surface area contributed by atoms with E-state index in [1.807, 2.05) is 25.1 Å². The number of rotatable bonds is 7. The molecule has 0 bridgehead atoms. The maximum atomic E-state index is 13.5. The molecule has 0 radical (unpaired) electrons. The highest BCUT2D eigenvalue weighted by atomic mass is 32.1. The molecule has 0 spiro atoms. The molecule has 8 nitrogen and oxygen atoms in total. The summed E-state index contributed by atoms with van der Waals surface area (Å²) >= 11 is 1.27. The van der Waals surface area contributed by atoms with Gasteiger partial charge in [0.1, 0.15) is 23.0 Å². The van der Waals surface area contributed by atoms with Gasteiger partial charge in [0, 0.05) is 5.56 Å². The van der Waals surface area contributed by atoms with Crippen molar-refractivity contribution in [2.45, 2.75) is 13.0 Å². The third-order valence-corrected chi connectivity index (χ3v) is 7.10. The lowest BCUT2D eigenvalue weighted by molar-refractivity contribution is -0.132. The van der Waals surface area contributed by atoms with E-state index in [-0.39, 0.29) is 11.3 Å². The van der Waals surface area contributed by atoms with Crippen LogP contribution < -0.4 is 19.1 Å². The van der Waals surface area contributed by atoms with Gasteiger partial charge in [-0.25, -0.2) is 4.98 Å². The number of hydrogen-bond donors (Lipinski definition) is 1. The molecule has 1 amide bonds. The number of methoxy groups -OCH3 is 2. The van der Waals surface area contributed by atoms with E-state index in [9.17, 15) is 14.7 Å². The van der Waals surface area contributed by atoms with Crippen molar-refractivity contribution >= 4 is 44.1 Å². The summed E-state index contributed by atoms with van der Waals surface area (Å²) < 4.78 is 17.0. The molecule has 2 heterocycles. The average molecular weight is 517 g/mol. The Labute approximate surface area is 217 Å². The number of benzene rings is 3. The normalized spacial score (nSPS) is 16.8. The Hall–Kier alpha value is -4.37. The molecular formula is C28H24N2O6S. The Morgan fingerprint density at radius 3 is 2.41 bits per heavy atom. The summed E-state index contributed by atoms with van der Waals surface area (Å²) in [6, 6.07) is 18.3. The van der Waals surface area contributed by atoms with Gasteiger partial charge >= 0.3 is 5.91 Å². The van der Waals surface area contributed by atoms with Crippen LogP contribution in [0.5, 0.6) is 17.2 Å². The fourth-order valence-corrected chi connectivity index (χ4v) is 5.33. The average Bonchev–Trinajstić information content (AvgIpc) is 3.46. The molecule has 3 aromatic carbocycles. The minimum absolute atomic E-state index is 0.0299. The van der Waals surface area contributed by atoms with Crippen molar-refractivity contribution in [3.05, 3.63) is 83.4 Å². The largest absolute Gasteiger partial charge is 0.507 e. The van der Waals surface area contributed by atoms with Crippen molar-refractivity contribution in [2.24, 2.45) is 0 Å². The SMILES string of the molecule is CCOc1ccc2nc(N3C(=O)C(=O)/C(=C(/O)c4cccc(OC)c4)C3c3ccc(OC)cc3)sc2c1. The van der Waals surface area contributed by atoms with Crippen molar-refractivity contribution in [1.29, 1.82) is 0 Å². The number of carbonyl (C=O) groups is 2. The number of hydrogen-bond acceptors (Lipinski definition) is 8. The predicted octanol–water partition coefficient (Wildman–Crippen LogP) is 5.34. The second-order valence-corrected chi connectivity index (χ2v) is 9.24. The summed E-state index contributed by atoms with van der Waals surface area (Å²) in [5.41, 5.74) is 1.63. The monoisotopic (exact) mass is 516 g/mol. The summed E-state index contributed by atoms with van der Waals surface area (Å²) in [7, 11) is 3.07. The Bertz CT molecular complexity index is 1530. The lowest BCUT2D eigenvalue weighted by atomic mass is 9.95. The van der Waals surface area contributed by atoms with E-state index in [0.717, 1.165) is 4.70 Å². The van der Waals surface area contributed by atoms with Crippen molar-refractivity contribution in [1.82, 2.24) is 4.98 Å². The molecule has 1 aliphatic rings. The fourth-order valence-electron chi connectivity index (χ4n) is 4.31. The minimum atomic E-state index is -0.899. The molecule has 188 valence electrons. The summed E-state index contributed by atoms with van der Waals surface area (Å²) in [6.45, 7) is 2.42. The molecule has 5 rings (SSSR count). The zero-order valence-electron chi connectivity index (χ0n) is 20.4. The number of carbonyl (C=O) groups excluding carboxylic acids is 2. The highest BCUT2D eigenvalue weighted by molar-refractivity contribution is 7.22. The highest BCUT2D eigenvalue weighted by Crippen LogP contribution is 2.45. The van der Waals surface area contributed by atoms with Crippen LogP contribution >= 0.6 is 11.3 Å². The molecule has 37 heavy (non-hydrogen) atoms. The Morgan fingerprint density at radius 1 is 0.973 bits per heavy atom. The maximum absolute atomic E-state index is 13.5. The third-order valence-electron chi connectivity index (χ3n) is 6.08. The molecule has 1 unspecified atom stereocenters. The molecule has 1 fully saturated rings. The van der Waals surface area contributed by atoms with Crippen molar-refractivity contribution in [3.8, 4) is 17.2 Å².